The van der Waals surface area contributed by atoms with Crippen LogP contribution in [0.3, 0.4) is 0 Å². The summed E-state index contributed by atoms with van der Waals surface area (Å²) in [5.41, 5.74) is -0.210. The molecule has 0 bridgehead atoms. The van der Waals surface area contributed by atoms with Crippen molar-refractivity contribution in [3.63, 3.8) is 0 Å². The Hall–Kier alpha value is -2.88. The molecule has 3 rings (SSSR count). The smallest absolute Gasteiger partial charge is 0.406 e. The fraction of sp³-hybridized carbons (Fsp3) is 0.476. The molecular formula is C21H24F3N3O4. The van der Waals surface area contributed by atoms with Gasteiger partial charge in [0.25, 0.3) is 11.5 Å². The van der Waals surface area contributed by atoms with Crippen molar-refractivity contribution in [2.45, 2.75) is 50.4 Å². The van der Waals surface area contributed by atoms with Gasteiger partial charge in [-0.25, -0.2) is 4.98 Å². The lowest BCUT2D eigenvalue weighted by Crippen LogP contribution is -2.34. The van der Waals surface area contributed by atoms with Gasteiger partial charge in [0.15, 0.2) is 0 Å². The zero-order chi connectivity index (χ0) is 22.6. The monoisotopic (exact) mass is 439 g/mol. The number of hydrogen-bond donors (Lipinski definition) is 2. The van der Waals surface area contributed by atoms with Crippen LogP contribution in [0, 0.1) is 0 Å². The summed E-state index contributed by atoms with van der Waals surface area (Å²) in [6.07, 6.45) is -0.984. The molecular weight excluding hydrogens is 415 g/mol. The highest BCUT2D eigenvalue weighted by Crippen LogP contribution is 2.38. The minimum absolute atomic E-state index is 0.0231. The Bertz CT molecular complexity index is 967. The molecule has 7 nitrogen and oxygen atoms in total. The molecule has 1 unspecified atom stereocenters. The van der Waals surface area contributed by atoms with Crippen molar-refractivity contribution in [2.24, 2.45) is 0 Å². The molecule has 1 aliphatic rings. The summed E-state index contributed by atoms with van der Waals surface area (Å²) in [6, 6.07) is 5.58. The molecule has 168 valence electrons. The predicted molar refractivity (Wildman–Crippen MR) is 106 cm³/mol. The van der Waals surface area contributed by atoms with Gasteiger partial charge in [0, 0.05) is 18.6 Å². The number of amides is 1. The van der Waals surface area contributed by atoms with Crippen LogP contribution < -0.4 is 15.6 Å². The molecule has 1 amide bonds. The van der Waals surface area contributed by atoms with Crippen LogP contribution in [0.15, 0.2) is 35.1 Å². The van der Waals surface area contributed by atoms with Gasteiger partial charge < -0.3 is 19.8 Å². The van der Waals surface area contributed by atoms with Crippen molar-refractivity contribution in [2.75, 3.05) is 13.7 Å². The highest BCUT2D eigenvalue weighted by molar-refractivity contribution is 5.92. The molecule has 1 aromatic heterocycles. The molecule has 10 heteroatoms. The zero-order valence-electron chi connectivity index (χ0n) is 17.2. The van der Waals surface area contributed by atoms with Gasteiger partial charge >= 0.3 is 6.36 Å². The molecule has 0 saturated heterocycles. The number of benzene rings is 1. The lowest BCUT2D eigenvalue weighted by Gasteiger charge is -2.23. The van der Waals surface area contributed by atoms with Gasteiger partial charge in [-0.1, -0.05) is 31.9 Å². The number of hydrogen-bond acceptors (Lipinski definition) is 5. The molecule has 1 aromatic carbocycles. The second-order valence-electron chi connectivity index (χ2n) is 7.85. The average Bonchev–Trinajstić information content (AvgIpc) is 3.14. The minimum atomic E-state index is -4.79. The summed E-state index contributed by atoms with van der Waals surface area (Å²) in [4.78, 5) is 32.1. The molecule has 2 N–H and O–H groups in total. The average molecular weight is 439 g/mol. The van der Waals surface area contributed by atoms with Crippen LogP contribution in [-0.4, -0.2) is 36.0 Å². The van der Waals surface area contributed by atoms with E-state index in [1.807, 2.05) is 6.92 Å². The van der Waals surface area contributed by atoms with E-state index in [9.17, 15) is 22.8 Å². The Morgan fingerprint density at radius 2 is 1.90 bits per heavy atom. The number of rotatable bonds is 7. The van der Waals surface area contributed by atoms with Gasteiger partial charge in [-0.05, 0) is 30.5 Å². The fourth-order valence-corrected chi connectivity index (χ4v) is 3.77. The standard InChI is InChI=1S/C21H24F3N3O4/c1-20(9-3-4-10-20)19-26-15(11-17(28)27-19)18(29)25-16(12-30-2)13-5-7-14(8-6-13)31-21(22,23)24/h5-8,11,16H,3-4,9-10,12H2,1-2H3,(H,25,29)(H,26,27,28). The number of aromatic amines is 1. The third-order valence-corrected chi connectivity index (χ3v) is 5.41. The number of carbonyl (C=O) groups excluding carboxylic acids is 1. The van der Waals surface area contributed by atoms with Crippen molar-refractivity contribution in [1.29, 1.82) is 0 Å². The van der Waals surface area contributed by atoms with E-state index in [0.29, 0.717) is 11.4 Å². The van der Waals surface area contributed by atoms with Gasteiger partial charge in [0.1, 0.15) is 17.3 Å². The Kier molecular flexibility index (Phi) is 6.68. The van der Waals surface area contributed by atoms with Gasteiger partial charge in [0.2, 0.25) is 0 Å². The van der Waals surface area contributed by atoms with Crippen molar-refractivity contribution >= 4 is 5.91 Å². The Morgan fingerprint density at radius 3 is 2.48 bits per heavy atom. The van der Waals surface area contributed by atoms with Crippen LogP contribution in [-0.2, 0) is 10.2 Å². The highest BCUT2D eigenvalue weighted by Gasteiger charge is 2.34. The van der Waals surface area contributed by atoms with Crippen LogP contribution in [0.25, 0.3) is 0 Å². The van der Waals surface area contributed by atoms with E-state index < -0.39 is 23.9 Å². The minimum Gasteiger partial charge on any atom is -0.406 e. The number of ether oxygens (including phenoxy) is 2. The first-order chi connectivity index (χ1) is 14.6. The molecule has 0 radical (unpaired) electrons. The molecule has 0 aliphatic heterocycles. The Morgan fingerprint density at radius 1 is 1.26 bits per heavy atom. The fourth-order valence-electron chi connectivity index (χ4n) is 3.77. The lowest BCUT2D eigenvalue weighted by molar-refractivity contribution is -0.274. The van der Waals surface area contributed by atoms with E-state index in [1.54, 1.807) is 0 Å². The van der Waals surface area contributed by atoms with Crippen LogP contribution in [0.4, 0.5) is 13.2 Å². The summed E-state index contributed by atoms with van der Waals surface area (Å²) >= 11 is 0. The van der Waals surface area contributed by atoms with Crippen molar-refractivity contribution in [3.8, 4) is 5.75 Å². The molecule has 2 aromatic rings. The van der Waals surface area contributed by atoms with Gasteiger partial charge in [-0.15, -0.1) is 13.2 Å². The quantitative estimate of drug-likeness (QED) is 0.688. The van der Waals surface area contributed by atoms with E-state index in [2.05, 4.69) is 20.0 Å². The number of nitrogens with zero attached hydrogens (tertiary/aromatic N) is 1. The van der Waals surface area contributed by atoms with E-state index in [0.717, 1.165) is 43.9 Å². The largest absolute Gasteiger partial charge is 0.573 e. The highest BCUT2D eigenvalue weighted by atomic mass is 19.4. The molecule has 1 heterocycles. The maximum absolute atomic E-state index is 12.8. The number of halogens is 3. The van der Waals surface area contributed by atoms with E-state index in [4.69, 9.17) is 4.74 Å². The predicted octanol–water partition coefficient (Wildman–Crippen LogP) is 3.62. The summed E-state index contributed by atoms with van der Waals surface area (Å²) in [7, 11) is 1.44. The third kappa shape index (κ3) is 5.84. The van der Waals surface area contributed by atoms with E-state index >= 15 is 0 Å². The van der Waals surface area contributed by atoms with Gasteiger partial charge in [-0.3, -0.25) is 9.59 Å². The number of aromatic nitrogens is 2. The van der Waals surface area contributed by atoms with Crippen molar-refractivity contribution in [1.82, 2.24) is 15.3 Å². The number of nitrogens with one attached hydrogen (secondary N) is 2. The maximum atomic E-state index is 12.8. The SMILES string of the molecule is COCC(NC(=O)c1cc(=O)[nH]c(C2(C)CCCC2)n1)c1ccc(OC(F)(F)F)cc1. The molecule has 31 heavy (non-hydrogen) atoms. The third-order valence-electron chi connectivity index (χ3n) is 5.41. The van der Waals surface area contributed by atoms with Crippen LogP contribution in [0.5, 0.6) is 5.75 Å². The Labute approximate surface area is 177 Å². The van der Waals surface area contributed by atoms with Gasteiger partial charge in [0.05, 0.1) is 12.6 Å². The first-order valence-electron chi connectivity index (χ1n) is 9.87. The molecule has 1 aliphatic carbocycles. The number of alkyl halides is 3. The van der Waals surface area contributed by atoms with Crippen molar-refractivity contribution < 1.29 is 27.4 Å². The molecule has 1 fully saturated rings. The second kappa shape index (κ2) is 9.09. The first-order valence-corrected chi connectivity index (χ1v) is 9.87. The molecule has 0 spiro atoms. The first kappa shape index (κ1) is 22.8. The second-order valence-corrected chi connectivity index (χ2v) is 7.85. The number of carbonyl (C=O) groups is 1. The molecule has 1 atom stereocenters. The number of H-pyrrole nitrogens is 1. The zero-order valence-corrected chi connectivity index (χ0v) is 17.2. The van der Waals surface area contributed by atoms with Crippen LogP contribution in [0.2, 0.25) is 0 Å². The van der Waals surface area contributed by atoms with E-state index in [1.165, 1.54) is 19.2 Å². The summed E-state index contributed by atoms with van der Waals surface area (Å²) in [5, 5.41) is 2.73. The summed E-state index contributed by atoms with van der Waals surface area (Å²) in [5.74, 6) is -0.462. The maximum Gasteiger partial charge on any atom is 0.573 e. The van der Waals surface area contributed by atoms with E-state index in [-0.39, 0.29) is 23.5 Å². The lowest BCUT2D eigenvalue weighted by atomic mass is 9.88. The van der Waals surface area contributed by atoms with Crippen molar-refractivity contribution in [3.05, 3.63) is 57.8 Å². The van der Waals surface area contributed by atoms with Crippen LogP contribution >= 0.6 is 0 Å². The Balaban J connectivity index is 1.79. The summed E-state index contributed by atoms with van der Waals surface area (Å²) in [6.45, 7) is 2.08. The van der Waals surface area contributed by atoms with Gasteiger partial charge in [-0.2, -0.15) is 0 Å². The topological polar surface area (TPSA) is 93.3 Å². The summed E-state index contributed by atoms with van der Waals surface area (Å²) < 4.78 is 46.1. The number of methoxy groups -OCH3 is 1. The normalized spacial score (nSPS) is 16.7. The molecule has 1 saturated carbocycles. The van der Waals surface area contributed by atoms with Crippen LogP contribution in [0.1, 0.15) is 60.5 Å².